The van der Waals surface area contributed by atoms with Crippen LogP contribution in [-0.4, -0.2) is 31.5 Å². The first-order chi connectivity index (χ1) is 19.1. The number of benzene rings is 1. The predicted octanol–water partition coefficient (Wildman–Crippen LogP) is 9.39. The standard InChI is InChI=1S/C34H60N2O3/c1-4-7-10-13-14-15-16-17-18-19-20-23-28-39-32-29-30(33(37)35-26-21-11-8-5-2)24-25-31(32)34(38)36-27-22-12-9-6-3/h24-25,29H,4-23,26-28H2,1-3H3,(H,35,37)(H,36,38). The van der Waals surface area contributed by atoms with Gasteiger partial charge in [-0.3, -0.25) is 9.59 Å². The van der Waals surface area contributed by atoms with E-state index in [1.54, 1.807) is 18.2 Å². The van der Waals surface area contributed by atoms with Crippen molar-refractivity contribution in [2.24, 2.45) is 0 Å². The lowest BCUT2D eigenvalue weighted by Gasteiger charge is -2.14. The van der Waals surface area contributed by atoms with E-state index in [9.17, 15) is 9.59 Å². The molecule has 0 atom stereocenters. The van der Waals surface area contributed by atoms with Gasteiger partial charge in [-0.05, 0) is 37.5 Å². The SMILES string of the molecule is CCCCCCCCCCCCCCOc1cc(C(=O)NCCCCCC)ccc1C(=O)NCCCCCC. The minimum Gasteiger partial charge on any atom is -0.493 e. The Bertz CT molecular complexity index is 750. The lowest BCUT2D eigenvalue weighted by atomic mass is 10.1. The van der Waals surface area contributed by atoms with Gasteiger partial charge in [0.25, 0.3) is 11.8 Å². The molecule has 0 aliphatic carbocycles. The first kappa shape index (κ1) is 35.0. The van der Waals surface area contributed by atoms with Crippen LogP contribution < -0.4 is 15.4 Å². The fourth-order valence-corrected chi connectivity index (χ4v) is 4.80. The monoisotopic (exact) mass is 544 g/mol. The molecule has 0 heterocycles. The van der Waals surface area contributed by atoms with Crippen LogP contribution in [0.25, 0.3) is 0 Å². The summed E-state index contributed by atoms with van der Waals surface area (Å²) in [6, 6.07) is 5.23. The van der Waals surface area contributed by atoms with Crippen LogP contribution in [0.5, 0.6) is 5.75 Å². The van der Waals surface area contributed by atoms with Gasteiger partial charge in [-0.25, -0.2) is 0 Å². The molecular formula is C34H60N2O3. The summed E-state index contributed by atoms with van der Waals surface area (Å²) in [4.78, 5) is 25.6. The number of ether oxygens (including phenoxy) is 1. The Balaban J connectivity index is 2.50. The van der Waals surface area contributed by atoms with Gasteiger partial charge in [-0.15, -0.1) is 0 Å². The highest BCUT2D eigenvalue weighted by atomic mass is 16.5. The molecule has 1 aromatic carbocycles. The molecule has 0 aromatic heterocycles. The summed E-state index contributed by atoms with van der Waals surface area (Å²) in [5, 5.41) is 6.04. The molecule has 1 rings (SSSR count). The first-order valence-electron chi connectivity index (χ1n) is 16.5. The van der Waals surface area contributed by atoms with E-state index in [2.05, 4.69) is 31.4 Å². The van der Waals surface area contributed by atoms with Crippen molar-refractivity contribution in [2.75, 3.05) is 19.7 Å². The molecule has 5 heteroatoms. The van der Waals surface area contributed by atoms with Gasteiger partial charge in [-0.1, -0.05) is 130 Å². The van der Waals surface area contributed by atoms with Crippen molar-refractivity contribution in [1.29, 1.82) is 0 Å². The molecule has 2 N–H and O–H groups in total. The normalized spacial score (nSPS) is 10.9. The number of rotatable bonds is 26. The van der Waals surface area contributed by atoms with Gasteiger partial charge in [0, 0.05) is 18.7 Å². The van der Waals surface area contributed by atoms with Crippen molar-refractivity contribution in [1.82, 2.24) is 10.6 Å². The van der Waals surface area contributed by atoms with Gasteiger partial charge >= 0.3 is 0 Å². The molecule has 0 unspecified atom stereocenters. The Morgan fingerprint density at radius 2 is 1.00 bits per heavy atom. The zero-order chi connectivity index (χ0) is 28.4. The zero-order valence-electron chi connectivity index (χ0n) is 25.7. The molecule has 39 heavy (non-hydrogen) atoms. The van der Waals surface area contributed by atoms with Crippen LogP contribution in [-0.2, 0) is 0 Å². The summed E-state index contributed by atoms with van der Waals surface area (Å²) >= 11 is 0. The molecule has 1 aromatic rings. The van der Waals surface area contributed by atoms with E-state index in [1.807, 2.05) is 0 Å². The molecular weight excluding hydrogens is 484 g/mol. The summed E-state index contributed by atoms with van der Waals surface area (Å²) in [7, 11) is 0. The van der Waals surface area contributed by atoms with E-state index in [0.29, 0.717) is 36.6 Å². The maximum atomic E-state index is 12.9. The minimum atomic E-state index is -0.122. The molecule has 0 saturated carbocycles. The van der Waals surface area contributed by atoms with E-state index in [4.69, 9.17) is 4.74 Å². The third kappa shape index (κ3) is 18.0. The fraction of sp³-hybridized carbons (Fsp3) is 0.765. The number of hydrogen-bond donors (Lipinski definition) is 2. The van der Waals surface area contributed by atoms with Crippen molar-refractivity contribution >= 4 is 11.8 Å². The molecule has 0 aliphatic rings. The van der Waals surface area contributed by atoms with E-state index in [-0.39, 0.29) is 11.8 Å². The Morgan fingerprint density at radius 3 is 1.51 bits per heavy atom. The quantitative estimate of drug-likeness (QED) is 0.114. The number of carbonyl (C=O) groups excluding carboxylic acids is 2. The molecule has 5 nitrogen and oxygen atoms in total. The first-order valence-corrected chi connectivity index (χ1v) is 16.5. The fourth-order valence-electron chi connectivity index (χ4n) is 4.80. The number of nitrogens with one attached hydrogen (secondary N) is 2. The zero-order valence-corrected chi connectivity index (χ0v) is 25.7. The molecule has 0 saturated heterocycles. The van der Waals surface area contributed by atoms with E-state index in [0.717, 1.165) is 38.5 Å². The number of hydrogen-bond acceptors (Lipinski definition) is 3. The Kier molecular flexibility index (Phi) is 22.4. The van der Waals surface area contributed by atoms with Crippen molar-refractivity contribution in [3.63, 3.8) is 0 Å². The minimum absolute atomic E-state index is 0.103. The van der Waals surface area contributed by atoms with E-state index in [1.165, 1.54) is 89.9 Å². The Morgan fingerprint density at radius 1 is 0.564 bits per heavy atom. The third-order valence-electron chi connectivity index (χ3n) is 7.38. The summed E-state index contributed by atoms with van der Waals surface area (Å²) in [6.07, 6.45) is 24.5. The van der Waals surface area contributed by atoms with E-state index < -0.39 is 0 Å². The van der Waals surface area contributed by atoms with Crippen LogP contribution in [0.3, 0.4) is 0 Å². The average Bonchev–Trinajstić information content (AvgIpc) is 2.95. The highest BCUT2D eigenvalue weighted by Crippen LogP contribution is 2.22. The molecule has 2 amide bonds. The molecule has 0 bridgehead atoms. The Hall–Kier alpha value is -2.04. The van der Waals surface area contributed by atoms with E-state index >= 15 is 0 Å². The van der Waals surface area contributed by atoms with Crippen molar-refractivity contribution in [3.05, 3.63) is 29.3 Å². The van der Waals surface area contributed by atoms with Crippen LogP contribution in [0.15, 0.2) is 18.2 Å². The number of unbranched alkanes of at least 4 members (excludes halogenated alkanes) is 17. The van der Waals surface area contributed by atoms with Crippen molar-refractivity contribution in [2.45, 2.75) is 149 Å². The molecule has 0 spiro atoms. The van der Waals surface area contributed by atoms with Crippen LogP contribution in [0.1, 0.15) is 170 Å². The molecule has 0 aliphatic heterocycles. The number of amides is 2. The van der Waals surface area contributed by atoms with Crippen LogP contribution >= 0.6 is 0 Å². The van der Waals surface area contributed by atoms with Gasteiger partial charge in [0.1, 0.15) is 5.75 Å². The maximum Gasteiger partial charge on any atom is 0.255 e. The highest BCUT2D eigenvalue weighted by molar-refractivity contribution is 6.00. The number of carbonyl (C=O) groups is 2. The maximum absolute atomic E-state index is 12.9. The Labute approximate surface area is 240 Å². The van der Waals surface area contributed by atoms with Gasteiger partial charge in [-0.2, -0.15) is 0 Å². The summed E-state index contributed by atoms with van der Waals surface area (Å²) < 4.78 is 6.10. The van der Waals surface area contributed by atoms with Gasteiger partial charge in [0.15, 0.2) is 0 Å². The lowest BCUT2D eigenvalue weighted by Crippen LogP contribution is -2.26. The van der Waals surface area contributed by atoms with Crippen LogP contribution in [0, 0.1) is 0 Å². The van der Waals surface area contributed by atoms with Gasteiger partial charge < -0.3 is 15.4 Å². The summed E-state index contributed by atoms with van der Waals surface area (Å²) in [5.41, 5.74) is 1.07. The third-order valence-corrected chi connectivity index (χ3v) is 7.38. The molecule has 224 valence electrons. The largest absolute Gasteiger partial charge is 0.493 e. The topological polar surface area (TPSA) is 67.4 Å². The van der Waals surface area contributed by atoms with Gasteiger partial charge in [0.05, 0.1) is 12.2 Å². The second-order valence-electron chi connectivity index (χ2n) is 11.1. The molecule has 0 fully saturated rings. The van der Waals surface area contributed by atoms with Crippen LogP contribution in [0.4, 0.5) is 0 Å². The second kappa shape index (κ2) is 25.0. The summed E-state index contributed by atoms with van der Waals surface area (Å²) in [5.74, 6) is 0.290. The van der Waals surface area contributed by atoms with Crippen molar-refractivity contribution < 1.29 is 14.3 Å². The lowest BCUT2D eigenvalue weighted by molar-refractivity contribution is 0.0937. The smallest absolute Gasteiger partial charge is 0.255 e. The highest BCUT2D eigenvalue weighted by Gasteiger charge is 2.16. The molecule has 0 radical (unpaired) electrons. The van der Waals surface area contributed by atoms with Gasteiger partial charge in [0.2, 0.25) is 0 Å². The van der Waals surface area contributed by atoms with Crippen LogP contribution in [0.2, 0.25) is 0 Å². The average molecular weight is 545 g/mol. The summed E-state index contributed by atoms with van der Waals surface area (Å²) in [6.45, 7) is 8.53. The van der Waals surface area contributed by atoms with Crippen molar-refractivity contribution in [3.8, 4) is 5.75 Å². The second-order valence-corrected chi connectivity index (χ2v) is 11.1. The predicted molar refractivity (Wildman–Crippen MR) is 166 cm³/mol.